The highest BCUT2D eigenvalue weighted by Crippen LogP contribution is 2.21. The number of hydrogen-bond acceptors (Lipinski definition) is 5. The maximum Gasteiger partial charge on any atom is 0.343 e. The van der Waals surface area contributed by atoms with E-state index in [1.807, 2.05) is 6.92 Å². The molecule has 9 heteroatoms. The Kier molecular flexibility index (Phi) is 7.40. The molecule has 0 aliphatic carbocycles. The highest BCUT2D eigenvalue weighted by Gasteiger charge is 2.20. The number of benzene rings is 1. The van der Waals surface area contributed by atoms with Gasteiger partial charge in [0, 0.05) is 20.3 Å². The molecule has 0 saturated carbocycles. The molecule has 1 aromatic heterocycles. The zero-order valence-electron chi connectivity index (χ0n) is 15.0. The fourth-order valence-electron chi connectivity index (χ4n) is 2.33. The molecule has 1 amide bonds. The molecule has 2 rings (SSSR count). The Morgan fingerprint density at radius 3 is 2.73 bits per heavy atom. The first-order valence-electron chi connectivity index (χ1n) is 8.29. The second-order valence-electron chi connectivity index (χ2n) is 5.85. The number of aromatic nitrogens is 3. The van der Waals surface area contributed by atoms with E-state index in [0.717, 1.165) is 5.56 Å². The minimum atomic E-state index is -0.450. The number of halogens is 1. The largest absolute Gasteiger partial charge is 0.385 e. The van der Waals surface area contributed by atoms with Crippen LogP contribution in [0.1, 0.15) is 31.9 Å². The Bertz CT molecular complexity index is 775. The van der Waals surface area contributed by atoms with E-state index in [2.05, 4.69) is 15.5 Å². The lowest BCUT2D eigenvalue weighted by atomic mass is 10.1. The maximum atomic E-state index is 13.0. The summed E-state index contributed by atoms with van der Waals surface area (Å²) < 4.78 is 19.5. The first-order chi connectivity index (χ1) is 12.4. The van der Waals surface area contributed by atoms with Gasteiger partial charge < -0.3 is 10.1 Å². The number of nitrogens with zero attached hydrogens (tertiary/aromatic N) is 2. The Labute approximate surface area is 155 Å². The number of H-pyrrole nitrogens is 1. The van der Waals surface area contributed by atoms with Gasteiger partial charge in [0.05, 0.1) is 11.3 Å². The first-order valence-corrected chi connectivity index (χ1v) is 9.17. The lowest BCUT2D eigenvalue weighted by Crippen LogP contribution is -2.33. The molecular weight excluding hydrogens is 359 g/mol. The van der Waals surface area contributed by atoms with Crippen LogP contribution >= 0.6 is 11.8 Å². The van der Waals surface area contributed by atoms with Gasteiger partial charge in [-0.1, -0.05) is 23.9 Å². The van der Waals surface area contributed by atoms with Gasteiger partial charge in [0.2, 0.25) is 5.91 Å². The van der Waals surface area contributed by atoms with Gasteiger partial charge in [-0.2, -0.15) is 0 Å². The van der Waals surface area contributed by atoms with Crippen molar-refractivity contribution in [1.29, 1.82) is 0 Å². The van der Waals surface area contributed by atoms with Gasteiger partial charge in [-0.3, -0.25) is 9.36 Å². The van der Waals surface area contributed by atoms with Crippen molar-refractivity contribution in [3.63, 3.8) is 0 Å². The summed E-state index contributed by atoms with van der Waals surface area (Å²) in [6.07, 6.45) is 0.672. The molecule has 0 aliphatic heterocycles. The molecule has 0 saturated heterocycles. The molecule has 0 radical (unpaired) electrons. The highest BCUT2D eigenvalue weighted by molar-refractivity contribution is 8.00. The number of amides is 1. The molecule has 0 aliphatic rings. The number of thioether (sulfide) groups is 1. The summed E-state index contributed by atoms with van der Waals surface area (Å²) in [5, 5.41) is 9.30. The number of carbonyl (C=O) groups excluding carboxylic acids is 1. The lowest BCUT2D eigenvalue weighted by Gasteiger charge is -2.17. The quantitative estimate of drug-likeness (QED) is 0.512. The Morgan fingerprint density at radius 2 is 2.08 bits per heavy atom. The van der Waals surface area contributed by atoms with Gasteiger partial charge in [-0.15, -0.1) is 5.10 Å². The van der Waals surface area contributed by atoms with Gasteiger partial charge in [-0.05, 0) is 38.0 Å². The summed E-state index contributed by atoms with van der Waals surface area (Å²) in [6, 6.07) is 5.74. The Morgan fingerprint density at radius 1 is 1.38 bits per heavy atom. The SMILES string of the molecule is COCCCn1c(S[C@H](C)C(=O)N[C@@H](C)c2ccc(F)cc2)n[nH]c1=O. The monoisotopic (exact) mass is 382 g/mol. The summed E-state index contributed by atoms with van der Waals surface area (Å²) in [7, 11) is 1.60. The molecule has 142 valence electrons. The third-order valence-corrected chi connectivity index (χ3v) is 4.92. The van der Waals surface area contributed by atoms with E-state index in [-0.39, 0.29) is 23.5 Å². The smallest absolute Gasteiger partial charge is 0.343 e. The van der Waals surface area contributed by atoms with Crippen LogP contribution in [0.5, 0.6) is 0 Å². The van der Waals surface area contributed by atoms with Crippen LogP contribution in [0.2, 0.25) is 0 Å². The minimum Gasteiger partial charge on any atom is -0.385 e. The third kappa shape index (κ3) is 5.43. The minimum absolute atomic E-state index is 0.189. The van der Waals surface area contributed by atoms with Crippen molar-refractivity contribution in [3.05, 3.63) is 46.1 Å². The van der Waals surface area contributed by atoms with Crippen LogP contribution in [-0.2, 0) is 16.1 Å². The maximum absolute atomic E-state index is 13.0. The zero-order chi connectivity index (χ0) is 19.1. The standard InChI is InChI=1S/C17H23FN4O3S/c1-11(13-5-7-14(18)8-6-13)19-15(23)12(2)26-17-21-20-16(24)22(17)9-4-10-25-3/h5-8,11-12H,4,9-10H2,1-3H3,(H,19,23)(H,20,24)/t11-,12+/m0/s1. The number of nitrogens with one attached hydrogen (secondary N) is 2. The van der Waals surface area contributed by atoms with Crippen molar-refractivity contribution < 1.29 is 13.9 Å². The van der Waals surface area contributed by atoms with E-state index in [0.29, 0.717) is 24.7 Å². The van der Waals surface area contributed by atoms with Crippen LogP contribution in [0.4, 0.5) is 4.39 Å². The second-order valence-corrected chi connectivity index (χ2v) is 7.16. The summed E-state index contributed by atoms with van der Waals surface area (Å²) in [6.45, 7) is 4.58. The molecule has 1 heterocycles. The molecule has 7 nitrogen and oxygen atoms in total. The third-order valence-electron chi connectivity index (χ3n) is 3.83. The number of carbonyl (C=O) groups is 1. The van der Waals surface area contributed by atoms with Gasteiger partial charge in [0.1, 0.15) is 5.82 Å². The predicted molar refractivity (Wildman–Crippen MR) is 97.6 cm³/mol. The van der Waals surface area contributed by atoms with Crippen LogP contribution in [0.25, 0.3) is 0 Å². The van der Waals surface area contributed by atoms with Crippen LogP contribution in [0.15, 0.2) is 34.2 Å². The predicted octanol–water partition coefficient (Wildman–Crippen LogP) is 2.11. The topological polar surface area (TPSA) is 89.0 Å². The van der Waals surface area contributed by atoms with Crippen molar-refractivity contribution in [2.45, 2.75) is 43.3 Å². The highest BCUT2D eigenvalue weighted by atomic mass is 32.2. The van der Waals surface area contributed by atoms with Crippen molar-refractivity contribution in [3.8, 4) is 0 Å². The molecular formula is C17H23FN4O3S. The number of aromatic amines is 1. The molecule has 0 spiro atoms. The van der Waals surface area contributed by atoms with Gasteiger partial charge in [-0.25, -0.2) is 14.3 Å². The molecule has 0 fully saturated rings. The zero-order valence-corrected chi connectivity index (χ0v) is 15.8. The summed E-state index contributed by atoms with van der Waals surface area (Å²) >= 11 is 1.20. The summed E-state index contributed by atoms with van der Waals surface area (Å²) in [4.78, 5) is 24.3. The Balaban J connectivity index is 1.96. The number of hydrogen-bond donors (Lipinski definition) is 2. The van der Waals surface area contributed by atoms with Crippen LogP contribution in [0, 0.1) is 5.82 Å². The molecule has 26 heavy (non-hydrogen) atoms. The summed E-state index contributed by atoms with van der Waals surface area (Å²) in [5.74, 6) is -0.508. The lowest BCUT2D eigenvalue weighted by molar-refractivity contribution is -0.120. The van der Waals surface area contributed by atoms with Crippen molar-refractivity contribution in [2.24, 2.45) is 0 Å². The fourth-order valence-corrected chi connectivity index (χ4v) is 3.23. The van der Waals surface area contributed by atoms with Gasteiger partial charge in [0.15, 0.2) is 5.16 Å². The average molecular weight is 382 g/mol. The number of ether oxygens (including phenoxy) is 1. The van der Waals surface area contributed by atoms with Gasteiger partial charge >= 0.3 is 5.69 Å². The van der Waals surface area contributed by atoms with Crippen molar-refractivity contribution >= 4 is 17.7 Å². The van der Waals surface area contributed by atoms with E-state index in [1.165, 1.54) is 28.5 Å². The normalized spacial score (nSPS) is 13.4. The number of methoxy groups -OCH3 is 1. The fraction of sp³-hybridized carbons (Fsp3) is 0.471. The van der Waals surface area contributed by atoms with Crippen LogP contribution in [0.3, 0.4) is 0 Å². The Hall–Kier alpha value is -2.13. The first kappa shape index (κ1) is 20.2. The van der Waals surface area contributed by atoms with E-state index in [4.69, 9.17) is 4.74 Å². The molecule has 2 N–H and O–H groups in total. The second kappa shape index (κ2) is 9.54. The van der Waals surface area contributed by atoms with Crippen LogP contribution < -0.4 is 11.0 Å². The van der Waals surface area contributed by atoms with E-state index >= 15 is 0 Å². The van der Waals surface area contributed by atoms with E-state index in [1.54, 1.807) is 26.2 Å². The van der Waals surface area contributed by atoms with E-state index in [9.17, 15) is 14.0 Å². The molecule has 2 aromatic rings. The molecule has 2 atom stereocenters. The molecule has 0 unspecified atom stereocenters. The summed E-state index contributed by atoms with van der Waals surface area (Å²) in [5.41, 5.74) is 0.504. The van der Waals surface area contributed by atoms with Crippen LogP contribution in [-0.4, -0.2) is 39.6 Å². The average Bonchev–Trinajstić information content (AvgIpc) is 2.95. The van der Waals surface area contributed by atoms with Gasteiger partial charge in [0.25, 0.3) is 0 Å². The molecule has 0 bridgehead atoms. The van der Waals surface area contributed by atoms with E-state index < -0.39 is 5.25 Å². The molecule has 1 aromatic carbocycles. The van der Waals surface area contributed by atoms with Crippen molar-refractivity contribution in [2.75, 3.05) is 13.7 Å². The number of rotatable bonds is 9. The van der Waals surface area contributed by atoms with Crippen molar-refractivity contribution in [1.82, 2.24) is 20.1 Å².